The minimum absolute atomic E-state index is 0.248. The molecule has 3 rings (SSSR count). The summed E-state index contributed by atoms with van der Waals surface area (Å²) in [5.41, 5.74) is 1.92. The number of methoxy groups -OCH3 is 1. The van der Waals surface area contributed by atoms with E-state index in [-0.39, 0.29) is 12.0 Å². The number of rotatable bonds is 8. The molecule has 1 aromatic heterocycles. The van der Waals surface area contributed by atoms with E-state index in [1.165, 1.54) is 13.3 Å². The number of carboxylic acids is 1. The Morgan fingerprint density at radius 1 is 1.14 bits per heavy atom. The van der Waals surface area contributed by atoms with Gasteiger partial charge in [0.05, 0.1) is 30.9 Å². The molecule has 0 saturated carbocycles. The highest BCUT2D eigenvalue weighted by Crippen LogP contribution is 2.29. The lowest BCUT2D eigenvalue weighted by Crippen LogP contribution is -2.49. The van der Waals surface area contributed by atoms with E-state index >= 15 is 0 Å². The third-order valence-corrected chi connectivity index (χ3v) is 5.67. The van der Waals surface area contributed by atoms with Crippen molar-refractivity contribution in [3.63, 3.8) is 0 Å². The number of hydrogen-bond donors (Lipinski definition) is 4. The molecular formula is C24H30N6O6. The maximum atomic E-state index is 13.1. The van der Waals surface area contributed by atoms with Gasteiger partial charge in [0.1, 0.15) is 0 Å². The number of piperazine rings is 1. The van der Waals surface area contributed by atoms with Crippen LogP contribution in [-0.4, -0.2) is 78.8 Å². The second kappa shape index (κ2) is 12.4. The largest absolute Gasteiger partial charge is 0.481 e. The van der Waals surface area contributed by atoms with Crippen LogP contribution in [0, 0.1) is 0 Å². The quantitative estimate of drug-likeness (QED) is 0.431. The fourth-order valence-corrected chi connectivity index (χ4v) is 3.89. The molecule has 1 aliphatic heterocycles. The zero-order valence-corrected chi connectivity index (χ0v) is 20.2. The Labute approximate surface area is 208 Å². The van der Waals surface area contributed by atoms with Crippen LogP contribution in [0.2, 0.25) is 0 Å². The van der Waals surface area contributed by atoms with Gasteiger partial charge in [-0.25, -0.2) is 9.59 Å². The predicted molar refractivity (Wildman–Crippen MR) is 132 cm³/mol. The summed E-state index contributed by atoms with van der Waals surface area (Å²) in [5.74, 6) is -1.56. The summed E-state index contributed by atoms with van der Waals surface area (Å²) in [7, 11) is 1.34. The van der Waals surface area contributed by atoms with Crippen LogP contribution < -0.4 is 20.9 Å². The number of benzene rings is 1. The lowest BCUT2D eigenvalue weighted by atomic mass is 10.0. The SMILES string of the molecule is CCNC(=O)Nc1cc(C(=O)NC(CC(=O)O)c2cccnc2)ccc1N1CCN(C(=O)OC)CC1. The Balaban J connectivity index is 1.83. The lowest BCUT2D eigenvalue weighted by Gasteiger charge is -2.36. The Hall–Kier alpha value is -4.35. The monoisotopic (exact) mass is 498 g/mol. The summed E-state index contributed by atoms with van der Waals surface area (Å²) >= 11 is 0. The van der Waals surface area contributed by atoms with Gasteiger partial charge in [-0.05, 0) is 36.8 Å². The summed E-state index contributed by atoms with van der Waals surface area (Å²) < 4.78 is 4.78. The van der Waals surface area contributed by atoms with Gasteiger partial charge in [-0.2, -0.15) is 0 Å². The fraction of sp³-hybridized carbons (Fsp3) is 0.375. The third kappa shape index (κ3) is 6.84. The number of ether oxygens (including phenoxy) is 1. The van der Waals surface area contributed by atoms with Crippen molar-refractivity contribution in [2.24, 2.45) is 0 Å². The number of carboxylic acid groups (broad SMARTS) is 1. The van der Waals surface area contributed by atoms with Crippen LogP contribution >= 0.6 is 0 Å². The van der Waals surface area contributed by atoms with Crippen LogP contribution in [0.5, 0.6) is 0 Å². The van der Waals surface area contributed by atoms with Crippen molar-refractivity contribution in [3.05, 3.63) is 53.9 Å². The second-order valence-corrected chi connectivity index (χ2v) is 8.07. The average molecular weight is 499 g/mol. The molecule has 1 saturated heterocycles. The van der Waals surface area contributed by atoms with Gasteiger partial charge >= 0.3 is 18.1 Å². The minimum atomic E-state index is -1.07. The molecule has 2 aromatic rings. The maximum Gasteiger partial charge on any atom is 0.409 e. The molecule has 2 heterocycles. The van der Waals surface area contributed by atoms with Crippen LogP contribution in [0.1, 0.15) is 35.3 Å². The average Bonchev–Trinajstić information content (AvgIpc) is 2.88. The van der Waals surface area contributed by atoms with Crippen molar-refractivity contribution in [1.82, 2.24) is 20.5 Å². The highest BCUT2D eigenvalue weighted by atomic mass is 16.5. The number of anilines is 2. The van der Waals surface area contributed by atoms with Gasteiger partial charge in [-0.15, -0.1) is 0 Å². The normalized spacial score (nSPS) is 13.9. The molecule has 36 heavy (non-hydrogen) atoms. The molecule has 192 valence electrons. The van der Waals surface area contributed by atoms with Crippen LogP contribution in [-0.2, 0) is 9.53 Å². The standard InChI is InChI=1S/C24H30N6O6/c1-3-26-23(34)28-19-13-16(6-7-20(19)29-9-11-30(12-10-29)24(35)36-2)22(33)27-18(14-21(31)32)17-5-4-8-25-15-17/h4-8,13,15,18H,3,9-12,14H2,1-2H3,(H,27,33)(H,31,32)(H2,26,28,34). The Morgan fingerprint density at radius 2 is 1.89 bits per heavy atom. The number of hydrogen-bond acceptors (Lipinski definition) is 7. The van der Waals surface area contributed by atoms with Crippen molar-refractivity contribution in [2.45, 2.75) is 19.4 Å². The van der Waals surface area contributed by atoms with E-state index in [9.17, 15) is 24.3 Å². The van der Waals surface area contributed by atoms with Crippen molar-refractivity contribution in [2.75, 3.05) is 50.1 Å². The van der Waals surface area contributed by atoms with E-state index in [1.807, 2.05) is 4.90 Å². The first-order valence-corrected chi connectivity index (χ1v) is 11.5. The number of carbonyl (C=O) groups excluding carboxylic acids is 3. The van der Waals surface area contributed by atoms with E-state index in [4.69, 9.17) is 4.74 Å². The molecule has 1 atom stereocenters. The number of urea groups is 1. The highest BCUT2D eigenvalue weighted by molar-refractivity contribution is 6.00. The van der Waals surface area contributed by atoms with Gasteiger partial charge in [-0.3, -0.25) is 14.6 Å². The third-order valence-electron chi connectivity index (χ3n) is 5.67. The van der Waals surface area contributed by atoms with E-state index in [2.05, 4.69) is 20.9 Å². The molecule has 0 radical (unpaired) electrons. The van der Waals surface area contributed by atoms with Crippen molar-refractivity contribution >= 4 is 35.4 Å². The van der Waals surface area contributed by atoms with Gasteiger partial charge in [-0.1, -0.05) is 6.07 Å². The number of aliphatic carboxylic acids is 1. The first kappa shape index (κ1) is 26.3. The summed E-state index contributed by atoms with van der Waals surface area (Å²) in [6.45, 7) is 4.10. The van der Waals surface area contributed by atoms with Crippen molar-refractivity contribution in [1.29, 1.82) is 0 Å². The predicted octanol–water partition coefficient (Wildman–Crippen LogP) is 2.06. The molecule has 4 N–H and O–H groups in total. The number of nitrogens with one attached hydrogen (secondary N) is 3. The van der Waals surface area contributed by atoms with Gasteiger partial charge in [0, 0.05) is 50.7 Å². The molecule has 0 spiro atoms. The van der Waals surface area contributed by atoms with E-state index in [1.54, 1.807) is 48.4 Å². The molecule has 1 fully saturated rings. The Bertz CT molecular complexity index is 1090. The summed E-state index contributed by atoms with van der Waals surface area (Å²) in [4.78, 5) is 56.2. The minimum Gasteiger partial charge on any atom is -0.481 e. The molecule has 12 heteroatoms. The topological polar surface area (TPSA) is 153 Å². The van der Waals surface area contributed by atoms with Gasteiger partial charge in [0.15, 0.2) is 0 Å². The molecule has 0 aliphatic carbocycles. The summed E-state index contributed by atoms with van der Waals surface area (Å²) in [6.07, 6.45) is 2.36. The summed E-state index contributed by atoms with van der Waals surface area (Å²) in [5, 5.41) is 17.5. The Kier molecular flexibility index (Phi) is 9.03. The number of carbonyl (C=O) groups is 4. The van der Waals surface area contributed by atoms with E-state index < -0.39 is 30.0 Å². The maximum absolute atomic E-state index is 13.1. The van der Waals surface area contributed by atoms with Crippen LogP contribution in [0.3, 0.4) is 0 Å². The first-order chi connectivity index (χ1) is 17.3. The molecule has 0 bridgehead atoms. The molecule has 12 nitrogen and oxygen atoms in total. The number of aromatic nitrogens is 1. The zero-order chi connectivity index (χ0) is 26.1. The first-order valence-electron chi connectivity index (χ1n) is 11.5. The van der Waals surface area contributed by atoms with Gasteiger partial charge in [0.2, 0.25) is 0 Å². The lowest BCUT2D eigenvalue weighted by molar-refractivity contribution is -0.137. The molecule has 4 amide bonds. The fourth-order valence-electron chi connectivity index (χ4n) is 3.89. The summed E-state index contributed by atoms with van der Waals surface area (Å²) in [6, 6.07) is 7.04. The van der Waals surface area contributed by atoms with Gasteiger partial charge in [0.25, 0.3) is 5.91 Å². The van der Waals surface area contributed by atoms with E-state index in [0.717, 1.165) is 0 Å². The Morgan fingerprint density at radius 3 is 2.50 bits per heavy atom. The molecular weight excluding hydrogens is 468 g/mol. The smallest absolute Gasteiger partial charge is 0.409 e. The number of amides is 4. The van der Waals surface area contributed by atoms with Crippen LogP contribution in [0.15, 0.2) is 42.7 Å². The van der Waals surface area contributed by atoms with Crippen molar-refractivity contribution in [3.8, 4) is 0 Å². The zero-order valence-electron chi connectivity index (χ0n) is 20.2. The molecule has 1 aliphatic rings. The molecule has 1 unspecified atom stereocenters. The van der Waals surface area contributed by atoms with Crippen LogP contribution in [0.4, 0.5) is 21.0 Å². The number of nitrogens with zero attached hydrogens (tertiary/aromatic N) is 3. The second-order valence-electron chi connectivity index (χ2n) is 8.07. The van der Waals surface area contributed by atoms with E-state index in [0.29, 0.717) is 49.7 Å². The molecule has 1 aromatic carbocycles. The highest BCUT2D eigenvalue weighted by Gasteiger charge is 2.25. The number of pyridine rings is 1. The van der Waals surface area contributed by atoms with Crippen LogP contribution in [0.25, 0.3) is 0 Å². The van der Waals surface area contributed by atoms with Crippen molar-refractivity contribution < 1.29 is 29.0 Å². The van der Waals surface area contributed by atoms with Gasteiger partial charge < -0.3 is 35.6 Å².